The second kappa shape index (κ2) is 29.1. The number of carbonyl (C=O) groups is 4. The second-order valence-electron chi connectivity index (χ2n) is 19.8. The van der Waals surface area contributed by atoms with Crippen LogP contribution in [0.25, 0.3) is 0 Å². The van der Waals surface area contributed by atoms with Crippen molar-refractivity contribution in [3.63, 3.8) is 0 Å². The average Bonchev–Trinajstić information content (AvgIpc) is 3.61. The molecule has 8 aromatic carbocycles. The van der Waals surface area contributed by atoms with Gasteiger partial charge in [-0.3, -0.25) is 0 Å². The summed E-state index contributed by atoms with van der Waals surface area (Å²) in [5.41, 5.74) is 3.73. The van der Waals surface area contributed by atoms with Gasteiger partial charge in [0.2, 0.25) is 0 Å². The highest BCUT2D eigenvalue weighted by Crippen LogP contribution is 2.40. The van der Waals surface area contributed by atoms with E-state index in [9.17, 15) is 19.2 Å². The molecule has 10 atom stereocenters. The summed E-state index contributed by atoms with van der Waals surface area (Å²) in [5, 5.41) is 0. The van der Waals surface area contributed by atoms with Crippen molar-refractivity contribution in [1.29, 1.82) is 0 Å². The van der Waals surface area contributed by atoms with Crippen LogP contribution in [0.4, 0.5) is 0 Å². The molecule has 0 spiro atoms. The molecule has 10 rings (SSSR count). The Bertz CT molecular complexity index is 3290. The summed E-state index contributed by atoms with van der Waals surface area (Å²) in [5.74, 6) is -3.23. The molecule has 8 aromatic rings. The maximum absolute atomic E-state index is 14.5. The minimum Gasteiger partial charge on any atom is -0.459 e. The monoisotopic (exact) mass is 1130 g/mol. The molecule has 2 aliphatic rings. The molecule has 0 bridgehead atoms. The Hall–Kier alpha value is -8.25. The third-order valence-electron chi connectivity index (χ3n) is 13.9. The summed E-state index contributed by atoms with van der Waals surface area (Å²) in [6.07, 6.45) is -11.4. The van der Waals surface area contributed by atoms with Gasteiger partial charge in [0, 0.05) is 4.90 Å². The Morgan fingerprint density at radius 1 is 0.361 bits per heavy atom. The topological polar surface area (TPSA) is 161 Å². The molecular weight excluding hydrogens is 1070 g/mol. The lowest BCUT2D eigenvalue weighted by molar-refractivity contribution is -0.313. The minimum atomic E-state index is -1.66. The van der Waals surface area contributed by atoms with Crippen molar-refractivity contribution in [3.8, 4) is 0 Å². The van der Waals surface area contributed by atoms with Crippen molar-refractivity contribution in [1.82, 2.24) is 0 Å². The molecule has 2 heterocycles. The fourth-order valence-electron chi connectivity index (χ4n) is 9.58. The summed E-state index contributed by atoms with van der Waals surface area (Å²) in [7, 11) is 0. The van der Waals surface area contributed by atoms with E-state index in [0.29, 0.717) is 0 Å². The molecule has 2 saturated heterocycles. The van der Waals surface area contributed by atoms with Crippen molar-refractivity contribution in [3.05, 3.63) is 281 Å². The minimum absolute atomic E-state index is 0.135. The summed E-state index contributed by atoms with van der Waals surface area (Å²) < 4.78 is 67.0. The number of hydrogen-bond donors (Lipinski definition) is 0. The highest BCUT2D eigenvalue weighted by molar-refractivity contribution is 7.99. The summed E-state index contributed by atoms with van der Waals surface area (Å²) in [4.78, 5) is 57.9. The largest absolute Gasteiger partial charge is 0.459 e. The molecule has 0 N–H and O–H groups in total. The van der Waals surface area contributed by atoms with E-state index < -0.39 is 91.0 Å². The van der Waals surface area contributed by atoms with E-state index in [1.807, 2.05) is 122 Å². The first-order valence-electron chi connectivity index (χ1n) is 27.3. The van der Waals surface area contributed by atoms with Crippen LogP contribution < -0.4 is 0 Å². The van der Waals surface area contributed by atoms with Crippen molar-refractivity contribution < 1.29 is 66.5 Å². The molecule has 15 heteroatoms. The summed E-state index contributed by atoms with van der Waals surface area (Å²) in [6.45, 7) is 1.68. The van der Waals surface area contributed by atoms with Crippen LogP contribution in [0.3, 0.4) is 0 Å². The molecule has 2 fully saturated rings. The highest BCUT2D eigenvalue weighted by atomic mass is 32.2. The molecule has 2 aliphatic heterocycles. The molecule has 0 radical (unpaired) electrons. The van der Waals surface area contributed by atoms with Gasteiger partial charge in [-0.25, -0.2) is 19.2 Å². The lowest BCUT2D eigenvalue weighted by Crippen LogP contribution is -2.64. The Morgan fingerprint density at radius 3 is 1.19 bits per heavy atom. The maximum atomic E-state index is 14.5. The normalized spacial score (nSPS) is 22.1. The fourth-order valence-corrected chi connectivity index (χ4v) is 10.7. The van der Waals surface area contributed by atoms with Crippen LogP contribution in [-0.4, -0.2) is 97.6 Å². The van der Waals surface area contributed by atoms with Gasteiger partial charge in [0.05, 0.1) is 48.7 Å². The van der Waals surface area contributed by atoms with Crippen molar-refractivity contribution in [2.75, 3.05) is 13.2 Å². The first kappa shape index (κ1) is 58.0. The molecule has 0 aromatic heterocycles. The Balaban J connectivity index is 1.06. The number of esters is 4. The Morgan fingerprint density at radius 2 is 0.735 bits per heavy atom. The average molecular weight is 1140 g/mol. The number of benzene rings is 8. The lowest BCUT2D eigenvalue weighted by Gasteiger charge is -2.47. The van der Waals surface area contributed by atoms with Gasteiger partial charge in [-0.05, 0) is 84.3 Å². The van der Waals surface area contributed by atoms with E-state index in [2.05, 4.69) is 0 Å². The van der Waals surface area contributed by atoms with Crippen LogP contribution in [0.5, 0.6) is 0 Å². The van der Waals surface area contributed by atoms with Gasteiger partial charge < -0.3 is 47.4 Å². The smallest absolute Gasteiger partial charge is 0.338 e. The second-order valence-corrected chi connectivity index (χ2v) is 21.0. The Kier molecular flexibility index (Phi) is 20.3. The van der Waals surface area contributed by atoms with Gasteiger partial charge in [-0.15, -0.1) is 0 Å². The number of aryl methyl sites for hydroxylation is 1. The molecule has 14 nitrogen and oxygen atoms in total. The van der Waals surface area contributed by atoms with Gasteiger partial charge >= 0.3 is 23.9 Å². The van der Waals surface area contributed by atoms with Crippen LogP contribution in [-0.2, 0) is 67.2 Å². The van der Waals surface area contributed by atoms with E-state index in [0.717, 1.165) is 27.1 Å². The van der Waals surface area contributed by atoms with Crippen molar-refractivity contribution in [2.24, 2.45) is 0 Å². The first-order valence-corrected chi connectivity index (χ1v) is 28.2. The molecule has 0 saturated carbocycles. The van der Waals surface area contributed by atoms with E-state index in [-0.39, 0.29) is 48.7 Å². The number of rotatable bonds is 23. The van der Waals surface area contributed by atoms with Crippen LogP contribution >= 0.6 is 11.8 Å². The third-order valence-corrected chi connectivity index (χ3v) is 15.0. The number of thioether (sulfide) groups is 1. The van der Waals surface area contributed by atoms with E-state index in [1.165, 1.54) is 11.8 Å². The van der Waals surface area contributed by atoms with E-state index in [1.54, 1.807) is 121 Å². The van der Waals surface area contributed by atoms with Crippen LogP contribution in [0.2, 0.25) is 0 Å². The van der Waals surface area contributed by atoms with Crippen molar-refractivity contribution >= 4 is 35.6 Å². The van der Waals surface area contributed by atoms with E-state index in [4.69, 9.17) is 47.4 Å². The van der Waals surface area contributed by atoms with Gasteiger partial charge in [0.15, 0.2) is 24.6 Å². The first-order chi connectivity index (χ1) is 40.7. The zero-order valence-corrected chi connectivity index (χ0v) is 46.3. The predicted molar refractivity (Wildman–Crippen MR) is 309 cm³/mol. The number of carbonyl (C=O) groups excluding carboxylic acids is 4. The number of hydrogen-bond acceptors (Lipinski definition) is 15. The fraction of sp³-hybridized carbons (Fsp3) is 0.235. The molecule has 83 heavy (non-hydrogen) atoms. The zero-order chi connectivity index (χ0) is 57.2. The highest BCUT2D eigenvalue weighted by Gasteiger charge is 2.55. The zero-order valence-electron chi connectivity index (χ0n) is 45.4. The summed E-state index contributed by atoms with van der Waals surface area (Å²) >= 11 is 1.45. The van der Waals surface area contributed by atoms with Gasteiger partial charge in [-0.1, -0.05) is 193 Å². The third kappa shape index (κ3) is 15.9. The SMILES string of the molecule is Cc1ccc(SC2OC(COC3OC(COC(=O)c4ccccc4)C(OC(=O)c4ccccc4)C(OC(=O)c4ccccc4)C3OC(=O)c3ccccc3)C(OCc3ccccc3)C(OCc3ccccc3)C2OCc2ccccc2)cc1. The predicted octanol–water partition coefficient (Wildman–Crippen LogP) is 11.8. The molecule has 10 unspecified atom stereocenters. The lowest BCUT2D eigenvalue weighted by atomic mass is 9.97. The standard InChI is InChI=1S/C68H62O14S/c1-46-37-39-54(40-38-46)83-68-62(75-43-49-27-13-4-14-28-49)59(74-42-48-25-11-3-12-26-48)57(73-41-47-23-9-2-10-24-47)55(79-68)45-77-67-61(82-66(72)53-35-21-8-22-36-53)60(81-65(71)52-33-19-7-20-34-52)58(80-64(70)51-31-17-6-18-32-51)56(78-67)44-76-63(69)50-29-15-5-16-30-50/h2-40,55-62,67-68H,41-45H2,1H3. The summed E-state index contributed by atoms with van der Waals surface area (Å²) in [6, 6.07) is 70.3. The van der Waals surface area contributed by atoms with Crippen LogP contribution in [0.1, 0.15) is 63.7 Å². The van der Waals surface area contributed by atoms with Crippen LogP contribution in [0, 0.1) is 6.92 Å². The number of ether oxygens (including phenoxy) is 10. The van der Waals surface area contributed by atoms with Crippen LogP contribution in [0.15, 0.2) is 241 Å². The quantitative estimate of drug-likeness (QED) is 0.0439. The molecule has 424 valence electrons. The van der Waals surface area contributed by atoms with Gasteiger partial charge in [0.25, 0.3) is 0 Å². The molecular formula is C68H62O14S. The van der Waals surface area contributed by atoms with Crippen molar-refractivity contribution in [2.45, 2.75) is 92.2 Å². The van der Waals surface area contributed by atoms with Gasteiger partial charge in [0.1, 0.15) is 42.6 Å². The van der Waals surface area contributed by atoms with Gasteiger partial charge in [-0.2, -0.15) is 0 Å². The van der Waals surface area contributed by atoms with E-state index >= 15 is 0 Å². The Labute approximate surface area is 486 Å². The maximum Gasteiger partial charge on any atom is 0.338 e. The molecule has 0 amide bonds. The molecule has 0 aliphatic carbocycles.